The molecule has 0 radical (unpaired) electrons. The highest BCUT2D eigenvalue weighted by Crippen LogP contribution is 2.35. The maximum atomic E-state index is 13.2. The summed E-state index contributed by atoms with van der Waals surface area (Å²) in [5, 5.41) is 6.55. The van der Waals surface area contributed by atoms with Gasteiger partial charge in [0.1, 0.15) is 6.33 Å². The minimum absolute atomic E-state index is 0.129. The van der Waals surface area contributed by atoms with Gasteiger partial charge in [0, 0.05) is 22.9 Å². The number of alkyl halides is 6. The summed E-state index contributed by atoms with van der Waals surface area (Å²) in [4.78, 5) is 24.2. The Bertz CT molecular complexity index is 1090. The second kappa shape index (κ2) is 9.14. The largest absolute Gasteiger partial charge is 0.416 e. The third-order valence-electron chi connectivity index (χ3n) is 3.90. The van der Waals surface area contributed by atoms with Gasteiger partial charge in [-0.3, -0.25) is 4.79 Å². The van der Waals surface area contributed by atoms with Crippen molar-refractivity contribution in [3.63, 3.8) is 0 Å². The summed E-state index contributed by atoms with van der Waals surface area (Å²) in [7, 11) is 0. The lowest BCUT2D eigenvalue weighted by Gasteiger charge is -2.14. The van der Waals surface area contributed by atoms with Crippen LogP contribution in [0.1, 0.15) is 34.7 Å². The molecule has 2 heterocycles. The molecule has 0 bridgehead atoms. The van der Waals surface area contributed by atoms with Crippen molar-refractivity contribution in [1.29, 1.82) is 0 Å². The van der Waals surface area contributed by atoms with Crippen molar-refractivity contribution in [2.24, 2.45) is 0 Å². The highest BCUT2D eigenvalue weighted by molar-refractivity contribution is 7.99. The Kier molecular flexibility index (Phi) is 6.71. The molecule has 1 N–H and O–H groups in total. The van der Waals surface area contributed by atoms with E-state index in [9.17, 15) is 31.1 Å². The third kappa shape index (κ3) is 6.18. The van der Waals surface area contributed by atoms with Crippen LogP contribution < -0.4 is 5.32 Å². The molecule has 0 aliphatic heterocycles. The van der Waals surface area contributed by atoms with Gasteiger partial charge in [0.15, 0.2) is 5.82 Å². The fourth-order valence-corrected chi connectivity index (χ4v) is 3.22. The maximum absolute atomic E-state index is 13.2. The van der Waals surface area contributed by atoms with Crippen molar-refractivity contribution in [3.05, 3.63) is 59.9 Å². The molecule has 2 aromatic heterocycles. The number of nitrogens with zero attached hydrogens (tertiary/aromatic N) is 5. The van der Waals surface area contributed by atoms with E-state index in [1.807, 2.05) is 0 Å². The summed E-state index contributed by atoms with van der Waals surface area (Å²) in [5.41, 5.74) is -1.67. The van der Waals surface area contributed by atoms with Gasteiger partial charge in [-0.1, -0.05) is 0 Å². The summed E-state index contributed by atoms with van der Waals surface area (Å²) < 4.78 is 78.2. The molecule has 0 aliphatic rings. The molecule has 14 heteroatoms. The van der Waals surface area contributed by atoms with Crippen LogP contribution in [-0.4, -0.2) is 42.6 Å². The predicted octanol–water partition coefficient (Wildman–Crippen LogP) is 4.22. The van der Waals surface area contributed by atoms with E-state index in [1.165, 1.54) is 30.3 Å². The number of carbonyl (C=O) groups excluding carboxylic acids is 1. The third-order valence-corrected chi connectivity index (χ3v) is 4.94. The number of halogens is 6. The number of amides is 1. The molecule has 0 saturated heterocycles. The van der Waals surface area contributed by atoms with Gasteiger partial charge in [0.2, 0.25) is 0 Å². The van der Waals surface area contributed by atoms with Gasteiger partial charge in [-0.25, -0.2) is 15.0 Å². The normalized spacial score (nSPS) is 13.1. The maximum Gasteiger partial charge on any atom is 0.416 e. The number of thioether (sulfide) groups is 1. The smallest absolute Gasteiger partial charge is 0.342 e. The first kappa shape index (κ1) is 23.5. The van der Waals surface area contributed by atoms with E-state index in [-0.39, 0.29) is 28.4 Å². The van der Waals surface area contributed by atoms with Crippen LogP contribution >= 0.6 is 11.8 Å². The SMILES string of the molecule is CC(NC(=O)c1cc(SCC(F)(F)F)cc(C(F)(F)F)c1)c1ncn(-c2ncccn2)n1. The highest BCUT2D eigenvalue weighted by atomic mass is 32.2. The standard InChI is InChI=1S/C18H14F6N6OS/c1-10(14-27-9-30(29-14)16-25-3-2-4-26-16)28-15(31)11-5-12(18(22,23)24)7-13(6-11)32-8-17(19,20)21/h2-7,9-10H,8H2,1H3,(H,28,31). The van der Waals surface area contributed by atoms with Crippen molar-refractivity contribution < 1.29 is 31.1 Å². The number of hydrogen-bond acceptors (Lipinski definition) is 6. The Hall–Kier alpha value is -3.16. The van der Waals surface area contributed by atoms with Crippen LogP contribution in [0.3, 0.4) is 0 Å². The lowest BCUT2D eigenvalue weighted by atomic mass is 10.1. The molecule has 1 unspecified atom stereocenters. The summed E-state index contributed by atoms with van der Waals surface area (Å²) in [6, 6.07) is 2.88. The molecule has 0 aliphatic carbocycles. The Labute approximate surface area is 181 Å². The topological polar surface area (TPSA) is 85.6 Å². The molecule has 1 amide bonds. The molecule has 170 valence electrons. The molecular formula is C18H14F6N6OS. The second-order valence-electron chi connectivity index (χ2n) is 6.44. The number of hydrogen-bond donors (Lipinski definition) is 1. The first-order valence-electron chi connectivity index (χ1n) is 8.84. The van der Waals surface area contributed by atoms with Crippen LogP contribution in [0.5, 0.6) is 0 Å². The minimum Gasteiger partial charge on any atom is -0.342 e. The van der Waals surface area contributed by atoms with Crippen molar-refractivity contribution in [2.75, 3.05) is 5.75 Å². The Morgan fingerprint density at radius 2 is 1.78 bits per heavy atom. The van der Waals surface area contributed by atoms with E-state index in [0.29, 0.717) is 12.1 Å². The first-order chi connectivity index (χ1) is 14.9. The summed E-state index contributed by atoms with van der Waals surface area (Å²) >= 11 is 0.159. The van der Waals surface area contributed by atoms with E-state index in [4.69, 9.17) is 0 Å². The summed E-state index contributed by atoms with van der Waals surface area (Å²) in [6.45, 7) is 1.50. The van der Waals surface area contributed by atoms with Crippen molar-refractivity contribution >= 4 is 17.7 Å². The Balaban J connectivity index is 1.79. The van der Waals surface area contributed by atoms with Crippen LogP contribution in [0.4, 0.5) is 26.3 Å². The van der Waals surface area contributed by atoms with E-state index < -0.39 is 41.2 Å². The zero-order valence-electron chi connectivity index (χ0n) is 16.1. The van der Waals surface area contributed by atoms with Crippen molar-refractivity contribution in [2.45, 2.75) is 30.2 Å². The van der Waals surface area contributed by atoms with Gasteiger partial charge in [-0.15, -0.1) is 16.9 Å². The molecular weight excluding hydrogens is 462 g/mol. The van der Waals surface area contributed by atoms with Gasteiger partial charge >= 0.3 is 12.4 Å². The zero-order chi connectivity index (χ0) is 23.5. The van der Waals surface area contributed by atoms with Crippen LogP contribution in [0, 0.1) is 0 Å². The van der Waals surface area contributed by atoms with Gasteiger partial charge in [-0.2, -0.15) is 31.0 Å². The van der Waals surface area contributed by atoms with Gasteiger partial charge in [0.25, 0.3) is 11.9 Å². The first-order valence-corrected chi connectivity index (χ1v) is 9.82. The monoisotopic (exact) mass is 476 g/mol. The molecule has 1 atom stereocenters. The molecule has 0 spiro atoms. The van der Waals surface area contributed by atoms with Crippen LogP contribution in [0.25, 0.3) is 5.95 Å². The molecule has 0 saturated carbocycles. The van der Waals surface area contributed by atoms with Gasteiger partial charge in [0.05, 0.1) is 17.4 Å². The number of aromatic nitrogens is 5. The molecule has 3 aromatic rings. The number of carbonyl (C=O) groups is 1. The molecule has 32 heavy (non-hydrogen) atoms. The lowest BCUT2D eigenvalue weighted by Crippen LogP contribution is -2.28. The zero-order valence-corrected chi connectivity index (χ0v) is 17.0. The van der Waals surface area contributed by atoms with E-state index >= 15 is 0 Å². The average Bonchev–Trinajstić information content (AvgIpc) is 3.22. The summed E-state index contributed by atoms with van der Waals surface area (Å²) in [6.07, 6.45) is -5.16. The fourth-order valence-electron chi connectivity index (χ4n) is 2.47. The number of nitrogens with one attached hydrogen (secondary N) is 1. The molecule has 1 aromatic carbocycles. The van der Waals surface area contributed by atoms with E-state index in [1.54, 1.807) is 6.07 Å². The van der Waals surface area contributed by atoms with E-state index in [0.717, 1.165) is 6.07 Å². The highest BCUT2D eigenvalue weighted by Gasteiger charge is 2.33. The van der Waals surface area contributed by atoms with Crippen LogP contribution in [0.15, 0.2) is 47.9 Å². The fraction of sp³-hybridized carbons (Fsp3) is 0.278. The van der Waals surface area contributed by atoms with Crippen LogP contribution in [-0.2, 0) is 6.18 Å². The van der Waals surface area contributed by atoms with Crippen molar-refractivity contribution in [1.82, 2.24) is 30.0 Å². The predicted molar refractivity (Wildman–Crippen MR) is 101 cm³/mol. The number of rotatable bonds is 6. The van der Waals surface area contributed by atoms with E-state index in [2.05, 4.69) is 25.4 Å². The Morgan fingerprint density at radius 3 is 2.41 bits per heavy atom. The molecule has 7 nitrogen and oxygen atoms in total. The average molecular weight is 476 g/mol. The van der Waals surface area contributed by atoms with Gasteiger partial charge < -0.3 is 5.32 Å². The Morgan fingerprint density at radius 1 is 1.09 bits per heavy atom. The lowest BCUT2D eigenvalue weighted by molar-refractivity contribution is -0.137. The van der Waals surface area contributed by atoms with Gasteiger partial charge in [-0.05, 0) is 31.2 Å². The number of benzene rings is 1. The minimum atomic E-state index is -4.84. The van der Waals surface area contributed by atoms with Crippen molar-refractivity contribution in [3.8, 4) is 5.95 Å². The second-order valence-corrected chi connectivity index (χ2v) is 7.49. The molecule has 3 rings (SSSR count). The molecule has 0 fully saturated rings. The summed E-state index contributed by atoms with van der Waals surface area (Å²) in [5.74, 6) is -1.97. The quantitative estimate of drug-likeness (QED) is 0.424. The van der Waals surface area contributed by atoms with Crippen LogP contribution in [0.2, 0.25) is 0 Å².